The molecule has 0 fully saturated rings. The fraction of sp³-hybridized carbons (Fsp3) is 0.179. The van der Waals surface area contributed by atoms with Gasteiger partial charge in [-0.15, -0.1) is 0 Å². The molecule has 0 bridgehead atoms. The number of amides is 2. The van der Waals surface area contributed by atoms with Gasteiger partial charge in [-0.25, -0.2) is 4.90 Å². The molecule has 8 heteroatoms. The van der Waals surface area contributed by atoms with Gasteiger partial charge in [0.15, 0.2) is 23.0 Å². The second-order valence-corrected chi connectivity index (χ2v) is 8.19. The highest BCUT2D eigenvalue weighted by molar-refractivity contribution is 6.34. The zero-order chi connectivity index (χ0) is 25.4. The van der Waals surface area contributed by atoms with Crippen LogP contribution in [0.1, 0.15) is 32.0 Å². The smallest absolute Gasteiger partial charge is 0.266 e. The highest BCUT2D eigenvalue weighted by atomic mass is 16.5. The van der Waals surface area contributed by atoms with Gasteiger partial charge in [0.25, 0.3) is 11.8 Å². The lowest BCUT2D eigenvalue weighted by Gasteiger charge is -2.21. The standard InChI is InChI=1S/C28H24N2O6/c1-33-23-12-16-9-10-29-21(20(16)14-25(23)35-3)11-17-13-24(34-2)26(36-4)15-22(17)30-27(31)18-7-5-6-8-19(18)28(30)32/h5-10,12-15H,11H2,1-4H3. The molecule has 0 spiro atoms. The van der Waals surface area contributed by atoms with Gasteiger partial charge in [-0.2, -0.15) is 0 Å². The third-order valence-corrected chi connectivity index (χ3v) is 6.33. The maximum absolute atomic E-state index is 13.3. The molecule has 0 aliphatic carbocycles. The van der Waals surface area contributed by atoms with Gasteiger partial charge in [0.1, 0.15) is 0 Å². The van der Waals surface area contributed by atoms with E-state index >= 15 is 0 Å². The molecule has 2 amide bonds. The van der Waals surface area contributed by atoms with Gasteiger partial charge in [-0.3, -0.25) is 14.6 Å². The van der Waals surface area contributed by atoms with Crippen LogP contribution in [0, 0.1) is 0 Å². The van der Waals surface area contributed by atoms with Crippen LogP contribution in [-0.4, -0.2) is 45.2 Å². The topological polar surface area (TPSA) is 87.2 Å². The Hall–Kier alpha value is -4.59. The Morgan fingerprint density at radius 1 is 0.722 bits per heavy atom. The van der Waals surface area contributed by atoms with Crippen molar-refractivity contribution in [3.8, 4) is 23.0 Å². The van der Waals surface area contributed by atoms with Crippen LogP contribution in [0.15, 0.2) is 60.8 Å². The van der Waals surface area contributed by atoms with E-state index in [1.807, 2.05) is 18.2 Å². The van der Waals surface area contributed by atoms with Crippen molar-refractivity contribution in [1.29, 1.82) is 0 Å². The number of carbonyl (C=O) groups is 2. The number of pyridine rings is 1. The molecule has 0 saturated heterocycles. The molecule has 0 saturated carbocycles. The lowest BCUT2D eigenvalue weighted by atomic mass is 10.0. The van der Waals surface area contributed by atoms with E-state index in [4.69, 9.17) is 18.9 Å². The monoisotopic (exact) mass is 484 g/mol. The third-order valence-electron chi connectivity index (χ3n) is 6.33. The molecule has 0 N–H and O–H groups in total. The molecule has 1 aromatic heterocycles. The Balaban J connectivity index is 1.67. The van der Waals surface area contributed by atoms with Crippen LogP contribution in [0.2, 0.25) is 0 Å². The molecule has 3 aromatic carbocycles. The second kappa shape index (κ2) is 9.22. The van der Waals surface area contributed by atoms with Crippen molar-refractivity contribution < 1.29 is 28.5 Å². The van der Waals surface area contributed by atoms with Crippen LogP contribution in [0.4, 0.5) is 5.69 Å². The molecule has 4 aromatic rings. The molecule has 0 atom stereocenters. The van der Waals surface area contributed by atoms with Gasteiger partial charge in [0.05, 0.1) is 50.9 Å². The first-order valence-corrected chi connectivity index (χ1v) is 11.2. The summed E-state index contributed by atoms with van der Waals surface area (Å²) in [7, 11) is 6.21. The van der Waals surface area contributed by atoms with Crippen molar-refractivity contribution >= 4 is 28.3 Å². The Labute approximate surface area is 208 Å². The minimum atomic E-state index is -0.388. The van der Waals surface area contributed by atoms with Gasteiger partial charge >= 0.3 is 0 Å². The number of hydrogen-bond donors (Lipinski definition) is 0. The normalized spacial score (nSPS) is 12.6. The molecule has 0 unspecified atom stereocenters. The molecule has 1 aliphatic rings. The first-order chi connectivity index (χ1) is 17.5. The van der Waals surface area contributed by atoms with Crippen molar-refractivity contribution in [3.05, 3.63) is 83.2 Å². The number of benzene rings is 3. The third kappa shape index (κ3) is 3.67. The van der Waals surface area contributed by atoms with Crippen molar-refractivity contribution in [2.24, 2.45) is 0 Å². The van der Waals surface area contributed by atoms with Crippen LogP contribution >= 0.6 is 0 Å². The average molecular weight is 485 g/mol. The predicted octanol–water partition coefficient (Wildman–Crippen LogP) is 4.66. The fourth-order valence-corrected chi connectivity index (χ4v) is 4.55. The number of nitrogens with zero attached hydrogens (tertiary/aromatic N) is 2. The number of hydrogen-bond acceptors (Lipinski definition) is 7. The fourth-order valence-electron chi connectivity index (χ4n) is 4.55. The zero-order valence-corrected chi connectivity index (χ0v) is 20.3. The molecule has 2 heterocycles. The SMILES string of the molecule is COc1cc(Cc2nccc3cc(OC)c(OC)cc23)c(N2C(=O)c3ccccc3C2=O)cc1OC. The van der Waals surface area contributed by atoms with Gasteiger partial charge in [0.2, 0.25) is 0 Å². The number of anilines is 1. The van der Waals surface area contributed by atoms with E-state index in [0.717, 1.165) is 16.5 Å². The van der Waals surface area contributed by atoms with Crippen LogP contribution in [0.5, 0.6) is 23.0 Å². The minimum Gasteiger partial charge on any atom is -0.493 e. The summed E-state index contributed by atoms with van der Waals surface area (Å²) in [6.07, 6.45) is 2.03. The summed E-state index contributed by atoms with van der Waals surface area (Å²) < 4.78 is 22.0. The molecule has 36 heavy (non-hydrogen) atoms. The highest BCUT2D eigenvalue weighted by Crippen LogP contribution is 2.40. The summed E-state index contributed by atoms with van der Waals surface area (Å²) in [4.78, 5) is 32.5. The highest BCUT2D eigenvalue weighted by Gasteiger charge is 2.38. The van der Waals surface area contributed by atoms with Crippen molar-refractivity contribution in [1.82, 2.24) is 4.98 Å². The second-order valence-electron chi connectivity index (χ2n) is 8.19. The largest absolute Gasteiger partial charge is 0.493 e. The summed E-state index contributed by atoms with van der Waals surface area (Å²) in [6.45, 7) is 0. The van der Waals surface area contributed by atoms with Gasteiger partial charge in [-0.05, 0) is 47.3 Å². The minimum absolute atomic E-state index is 0.315. The van der Waals surface area contributed by atoms with E-state index in [0.29, 0.717) is 51.8 Å². The number of fused-ring (bicyclic) bond motifs is 2. The predicted molar refractivity (Wildman–Crippen MR) is 135 cm³/mol. The van der Waals surface area contributed by atoms with E-state index in [9.17, 15) is 9.59 Å². The summed E-state index contributed by atoms with van der Waals surface area (Å²) in [5.41, 5.74) is 2.56. The quantitative estimate of drug-likeness (QED) is 0.353. The van der Waals surface area contributed by atoms with Crippen molar-refractivity contribution in [2.45, 2.75) is 6.42 Å². The van der Waals surface area contributed by atoms with Crippen molar-refractivity contribution in [2.75, 3.05) is 33.3 Å². The molecule has 8 nitrogen and oxygen atoms in total. The lowest BCUT2D eigenvalue weighted by Crippen LogP contribution is -2.30. The Kier molecular flexibility index (Phi) is 5.93. The molecule has 5 rings (SSSR count). The molecular weight excluding hydrogens is 460 g/mol. The van der Waals surface area contributed by atoms with Crippen LogP contribution in [-0.2, 0) is 6.42 Å². The van der Waals surface area contributed by atoms with Gasteiger partial charge in [0, 0.05) is 24.1 Å². The first-order valence-electron chi connectivity index (χ1n) is 11.2. The summed E-state index contributed by atoms with van der Waals surface area (Å²) in [5, 5.41) is 1.78. The maximum Gasteiger partial charge on any atom is 0.266 e. The van der Waals surface area contributed by atoms with E-state index in [-0.39, 0.29) is 11.8 Å². The molecular formula is C28H24N2O6. The maximum atomic E-state index is 13.3. The number of aromatic nitrogens is 1. The number of methoxy groups -OCH3 is 4. The van der Waals surface area contributed by atoms with Gasteiger partial charge < -0.3 is 18.9 Å². The van der Waals surface area contributed by atoms with E-state index in [2.05, 4.69) is 4.98 Å². The van der Waals surface area contributed by atoms with Crippen LogP contribution in [0.25, 0.3) is 10.8 Å². The zero-order valence-electron chi connectivity index (χ0n) is 20.3. The van der Waals surface area contributed by atoms with Crippen LogP contribution in [0.3, 0.4) is 0 Å². The van der Waals surface area contributed by atoms with Crippen LogP contribution < -0.4 is 23.8 Å². The molecule has 182 valence electrons. The van der Waals surface area contributed by atoms with Crippen molar-refractivity contribution in [3.63, 3.8) is 0 Å². The van der Waals surface area contributed by atoms with E-state index in [1.165, 1.54) is 19.1 Å². The number of carbonyl (C=O) groups excluding carboxylic acids is 2. The summed E-state index contributed by atoms with van der Waals surface area (Å²) in [6, 6.07) is 15.9. The number of ether oxygens (including phenoxy) is 4. The van der Waals surface area contributed by atoms with Gasteiger partial charge in [-0.1, -0.05) is 12.1 Å². The van der Waals surface area contributed by atoms with E-state index in [1.54, 1.807) is 56.8 Å². The number of imide groups is 1. The average Bonchev–Trinajstić information content (AvgIpc) is 3.17. The van der Waals surface area contributed by atoms with E-state index < -0.39 is 0 Å². The summed E-state index contributed by atoms with van der Waals surface area (Å²) >= 11 is 0. The molecule has 0 radical (unpaired) electrons. The number of rotatable bonds is 7. The molecule has 1 aliphatic heterocycles. The summed E-state index contributed by atoms with van der Waals surface area (Å²) in [5.74, 6) is 1.30. The lowest BCUT2D eigenvalue weighted by molar-refractivity contribution is 0.0925. The Morgan fingerprint density at radius 3 is 1.89 bits per heavy atom. The Bertz CT molecular complexity index is 1480. The first kappa shape index (κ1) is 23.2. The Morgan fingerprint density at radius 2 is 1.28 bits per heavy atom.